The number of ether oxygens (including phenoxy) is 1. The summed E-state index contributed by atoms with van der Waals surface area (Å²) in [6, 6.07) is 6.06. The van der Waals surface area contributed by atoms with E-state index in [9.17, 15) is 17.7 Å². The van der Waals surface area contributed by atoms with Gasteiger partial charge in [-0.15, -0.1) is 0 Å². The van der Waals surface area contributed by atoms with Crippen molar-refractivity contribution in [2.24, 2.45) is 0 Å². The minimum Gasteiger partial charge on any atom is -0.495 e. The van der Waals surface area contributed by atoms with Crippen molar-refractivity contribution < 1.29 is 22.5 Å². The van der Waals surface area contributed by atoms with Gasteiger partial charge in [0.25, 0.3) is 0 Å². The zero-order valence-corrected chi connectivity index (χ0v) is 21.2. The van der Waals surface area contributed by atoms with Gasteiger partial charge in [0.15, 0.2) is 0 Å². The molecular weight excluding hydrogens is 492 g/mol. The van der Waals surface area contributed by atoms with Crippen molar-refractivity contribution in [1.29, 1.82) is 0 Å². The summed E-state index contributed by atoms with van der Waals surface area (Å²) in [5, 5.41) is 6.73. The van der Waals surface area contributed by atoms with Crippen LogP contribution in [0.5, 0.6) is 5.75 Å². The van der Waals surface area contributed by atoms with Gasteiger partial charge in [-0.3, -0.25) is 4.90 Å². The number of rotatable bonds is 8. The number of benzene rings is 1. The van der Waals surface area contributed by atoms with Crippen LogP contribution in [0.4, 0.5) is 30.6 Å². The van der Waals surface area contributed by atoms with E-state index in [1.807, 2.05) is 13.0 Å². The van der Waals surface area contributed by atoms with Crippen LogP contribution in [-0.4, -0.2) is 65.0 Å². The summed E-state index contributed by atoms with van der Waals surface area (Å²) < 4.78 is 59.9. The molecule has 0 spiro atoms. The quantitative estimate of drug-likeness (QED) is 0.358. The van der Waals surface area contributed by atoms with Crippen molar-refractivity contribution >= 4 is 40.9 Å². The Morgan fingerprint density at radius 1 is 1.22 bits per heavy atom. The lowest BCUT2D eigenvalue weighted by Crippen LogP contribution is -2.38. The van der Waals surface area contributed by atoms with Crippen LogP contribution in [0, 0.1) is 0 Å². The minimum absolute atomic E-state index is 0.0703. The molecule has 8 nitrogen and oxygen atoms in total. The van der Waals surface area contributed by atoms with Crippen molar-refractivity contribution in [3.05, 3.63) is 30.0 Å². The first kappa shape index (κ1) is 24.9. The number of methoxy groups -OCH3 is 1. The molecule has 12 heteroatoms. The summed E-state index contributed by atoms with van der Waals surface area (Å²) in [5.74, 6) is 0.689. The lowest BCUT2D eigenvalue weighted by molar-refractivity contribution is -0.136. The number of aromatic nitrogens is 3. The van der Waals surface area contributed by atoms with E-state index in [2.05, 4.69) is 30.5 Å². The fourth-order valence-corrected chi connectivity index (χ4v) is 7.31. The highest BCUT2D eigenvalue weighted by atomic mass is 31.2. The third-order valence-corrected chi connectivity index (χ3v) is 9.91. The summed E-state index contributed by atoms with van der Waals surface area (Å²) in [7, 11) is -1.00. The molecule has 36 heavy (non-hydrogen) atoms. The molecule has 1 saturated heterocycles. The Labute approximate surface area is 207 Å². The number of nitrogens with one attached hydrogen (secondary N) is 3. The largest absolute Gasteiger partial charge is 0.495 e. The molecule has 2 aliphatic rings. The topological polar surface area (TPSA) is 95.2 Å². The highest BCUT2D eigenvalue weighted by molar-refractivity contribution is 7.71. The van der Waals surface area contributed by atoms with E-state index in [-0.39, 0.29) is 22.8 Å². The first-order chi connectivity index (χ1) is 17.2. The number of hydrogen-bond acceptors (Lipinski definition) is 7. The average Bonchev–Trinajstić information content (AvgIpc) is 3.60. The van der Waals surface area contributed by atoms with E-state index >= 15 is 0 Å². The Balaban J connectivity index is 1.43. The van der Waals surface area contributed by atoms with Crippen molar-refractivity contribution in [2.75, 3.05) is 49.7 Å². The van der Waals surface area contributed by atoms with Gasteiger partial charge in [0.1, 0.15) is 24.4 Å². The van der Waals surface area contributed by atoms with E-state index in [4.69, 9.17) is 4.74 Å². The van der Waals surface area contributed by atoms with Crippen molar-refractivity contribution in [2.45, 2.75) is 38.4 Å². The van der Waals surface area contributed by atoms with Gasteiger partial charge >= 0.3 is 6.18 Å². The first-order valence-corrected chi connectivity index (χ1v) is 14.3. The second-order valence-corrected chi connectivity index (χ2v) is 12.5. The Morgan fingerprint density at radius 2 is 1.97 bits per heavy atom. The third-order valence-electron chi connectivity index (χ3n) is 6.84. The standard InChI is InChI=1S/C24H30F3N6O2P/c1-3-8-28-21-20-17(24(25,26)27)14-29-22(20)32-23(31-21)30-18-7-6-16(13-19(18)35-2)36(34)11-9-33(10-12-36)15-4-5-15/h6-7,13-15H,3-5,8-12H2,1-2H3,(H3,28,29,30,31,32). The molecule has 3 aromatic rings. The predicted octanol–water partition coefficient (Wildman–Crippen LogP) is 5.02. The van der Waals surface area contributed by atoms with Crippen LogP contribution < -0.4 is 20.7 Å². The number of aromatic amines is 1. The fourth-order valence-electron chi connectivity index (χ4n) is 4.71. The van der Waals surface area contributed by atoms with Gasteiger partial charge < -0.3 is 24.9 Å². The van der Waals surface area contributed by atoms with E-state index in [0.29, 0.717) is 42.8 Å². The molecule has 1 saturated carbocycles. The molecule has 0 bridgehead atoms. The molecule has 1 aromatic carbocycles. The van der Waals surface area contributed by atoms with Crippen LogP contribution >= 0.6 is 7.14 Å². The first-order valence-electron chi connectivity index (χ1n) is 12.2. The molecule has 0 radical (unpaired) electrons. The van der Waals surface area contributed by atoms with E-state index < -0.39 is 18.9 Å². The molecule has 0 unspecified atom stereocenters. The van der Waals surface area contributed by atoms with E-state index in [1.165, 1.54) is 20.0 Å². The number of hydrogen-bond donors (Lipinski definition) is 3. The van der Waals surface area contributed by atoms with Gasteiger partial charge in [0.05, 0.1) is 23.7 Å². The monoisotopic (exact) mass is 522 g/mol. The second kappa shape index (κ2) is 9.59. The van der Waals surface area contributed by atoms with Crippen LogP contribution in [0.25, 0.3) is 11.0 Å². The Morgan fingerprint density at radius 3 is 2.61 bits per heavy atom. The highest BCUT2D eigenvalue weighted by Crippen LogP contribution is 2.49. The lowest BCUT2D eigenvalue weighted by Gasteiger charge is -2.32. The van der Waals surface area contributed by atoms with Crippen molar-refractivity contribution in [3.63, 3.8) is 0 Å². The van der Waals surface area contributed by atoms with Crippen LogP contribution in [0.1, 0.15) is 31.7 Å². The Bertz CT molecular complexity index is 1290. The highest BCUT2D eigenvalue weighted by Gasteiger charge is 2.37. The fraction of sp³-hybridized carbons (Fsp3) is 0.500. The zero-order chi connectivity index (χ0) is 25.5. The lowest BCUT2D eigenvalue weighted by atomic mass is 10.2. The molecule has 0 amide bonds. The van der Waals surface area contributed by atoms with Crippen LogP contribution in [0.3, 0.4) is 0 Å². The number of anilines is 3. The van der Waals surface area contributed by atoms with Gasteiger partial charge in [0, 0.05) is 49.5 Å². The van der Waals surface area contributed by atoms with Gasteiger partial charge in [-0.25, -0.2) is 0 Å². The maximum atomic E-state index is 13.7. The molecule has 194 valence electrons. The van der Waals surface area contributed by atoms with Crippen LogP contribution in [0.2, 0.25) is 0 Å². The number of nitrogens with zero attached hydrogens (tertiary/aromatic N) is 3. The molecular formula is C24H30F3N6O2P. The molecule has 0 atom stereocenters. The summed E-state index contributed by atoms with van der Waals surface area (Å²) >= 11 is 0. The number of fused-ring (bicyclic) bond motifs is 1. The van der Waals surface area contributed by atoms with Crippen molar-refractivity contribution in [3.8, 4) is 5.75 Å². The second-order valence-electron chi connectivity index (χ2n) is 9.36. The van der Waals surface area contributed by atoms with Gasteiger partial charge in [0.2, 0.25) is 5.95 Å². The summed E-state index contributed by atoms with van der Waals surface area (Å²) in [6.45, 7) is 4.07. The molecule has 3 heterocycles. The molecule has 1 aliphatic heterocycles. The number of H-pyrrole nitrogens is 1. The number of alkyl halides is 3. The van der Waals surface area contributed by atoms with Crippen LogP contribution in [0.15, 0.2) is 24.4 Å². The van der Waals surface area contributed by atoms with E-state index in [1.54, 1.807) is 12.1 Å². The molecule has 1 aliphatic carbocycles. The van der Waals surface area contributed by atoms with Gasteiger partial charge in [-0.1, -0.05) is 6.92 Å². The molecule has 5 rings (SSSR count). The van der Waals surface area contributed by atoms with E-state index in [0.717, 1.165) is 24.6 Å². The summed E-state index contributed by atoms with van der Waals surface area (Å²) in [5.41, 5.74) is -0.212. The van der Waals surface area contributed by atoms with Crippen molar-refractivity contribution in [1.82, 2.24) is 19.9 Å². The van der Waals surface area contributed by atoms with Gasteiger partial charge in [-0.05, 0) is 37.5 Å². The average molecular weight is 523 g/mol. The number of halogens is 3. The maximum Gasteiger partial charge on any atom is 0.418 e. The SMILES string of the molecule is CCCNc1nc(Nc2ccc(P3(=O)CCN(C4CC4)CC3)cc2OC)nc2[nH]cc(C(F)(F)F)c12. The predicted molar refractivity (Wildman–Crippen MR) is 136 cm³/mol. The van der Waals surface area contributed by atoms with Gasteiger partial charge in [-0.2, -0.15) is 23.1 Å². The minimum atomic E-state index is -4.54. The molecule has 3 N–H and O–H groups in total. The molecule has 2 aromatic heterocycles. The Hall–Kier alpha value is -2.78. The normalized spacial score (nSPS) is 18.4. The zero-order valence-electron chi connectivity index (χ0n) is 20.3. The summed E-state index contributed by atoms with van der Waals surface area (Å²) in [6.07, 6.45) is 0.865. The smallest absolute Gasteiger partial charge is 0.418 e. The molecule has 2 fully saturated rings. The summed E-state index contributed by atoms with van der Waals surface area (Å²) in [4.78, 5) is 13.7. The van der Waals surface area contributed by atoms with Crippen LogP contribution in [-0.2, 0) is 10.7 Å². The Kier molecular flexibility index (Phi) is 6.63. The third kappa shape index (κ3) is 4.91. The maximum absolute atomic E-state index is 13.7.